The van der Waals surface area contributed by atoms with E-state index >= 15 is 0 Å². The van der Waals surface area contributed by atoms with Gasteiger partial charge < -0.3 is 10.2 Å². The van der Waals surface area contributed by atoms with Gasteiger partial charge in [-0.1, -0.05) is 0 Å². The maximum atomic E-state index is 4.30. The number of aromatic nitrogens is 2. The fourth-order valence-corrected chi connectivity index (χ4v) is 3.37. The molecule has 1 aliphatic rings. The smallest absolute Gasteiger partial charge is 0.0897 e. The van der Waals surface area contributed by atoms with Gasteiger partial charge in [0, 0.05) is 54.8 Å². The van der Waals surface area contributed by atoms with Crippen LogP contribution in [0.1, 0.15) is 22.7 Å². The first-order chi connectivity index (χ1) is 9.81. The Morgan fingerprint density at radius 1 is 1.30 bits per heavy atom. The fourth-order valence-electron chi connectivity index (χ4n) is 2.63. The van der Waals surface area contributed by atoms with Gasteiger partial charge in [0.2, 0.25) is 0 Å². The van der Waals surface area contributed by atoms with Crippen LogP contribution in [0.5, 0.6) is 0 Å². The van der Waals surface area contributed by atoms with Gasteiger partial charge in [0.15, 0.2) is 0 Å². The Bertz CT molecular complexity index is 532. The Balaban J connectivity index is 1.47. The molecule has 1 aliphatic heterocycles. The topological polar surface area (TPSA) is 41.1 Å². The first-order valence-corrected chi connectivity index (χ1v) is 7.92. The van der Waals surface area contributed by atoms with E-state index < -0.39 is 0 Å². The summed E-state index contributed by atoms with van der Waals surface area (Å²) < 4.78 is 0. The number of nitrogens with one attached hydrogen (secondary N) is 1. The molecule has 3 rings (SSSR count). The zero-order chi connectivity index (χ0) is 13.8. The minimum atomic E-state index is 0.621. The molecule has 106 valence electrons. The van der Waals surface area contributed by atoms with Crippen molar-refractivity contribution in [3.8, 4) is 0 Å². The highest BCUT2D eigenvalue weighted by molar-refractivity contribution is 7.11. The van der Waals surface area contributed by atoms with Crippen molar-refractivity contribution in [1.82, 2.24) is 15.3 Å². The summed E-state index contributed by atoms with van der Waals surface area (Å²) in [5.41, 5.74) is 1.29. The van der Waals surface area contributed by atoms with E-state index in [0.717, 1.165) is 24.6 Å². The highest BCUT2D eigenvalue weighted by Crippen LogP contribution is 2.19. The standard InChI is InChI=1S/C15H20N4S/c1-12-17-10-15(20-12)11-18-13-4-8-19(9-5-13)14-2-6-16-7-3-14/h2-3,6-7,10,13,18H,4-5,8-9,11H2,1H3. The van der Waals surface area contributed by atoms with E-state index in [2.05, 4.69) is 39.2 Å². The molecule has 0 unspecified atom stereocenters. The largest absolute Gasteiger partial charge is 0.371 e. The van der Waals surface area contributed by atoms with Crippen molar-refractivity contribution >= 4 is 17.0 Å². The molecule has 0 radical (unpaired) electrons. The summed E-state index contributed by atoms with van der Waals surface area (Å²) in [7, 11) is 0. The molecule has 0 saturated carbocycles. The summed E-state index contributed by atoms with van der Waals surface area (Å²) in [6, 6.07) is 4.80. The molecule has 2 aromatic heterocycles. The van der Waals surface area contributed by atoms with Crippen molar-refractivity contribution in [2.24, 2.45) is 0 Å². The molecule has 1 N–H and O–H groups in total. The normalized spacial score (nSPS) is 16.6. The third kappa shape index (κ3) is 3.35. The average Bonchev–Trinajstić information content (AvgIpc) is 2.92. The molecular formula is C15H20N4S. The third-order valence-electron chi connectivity index (χ3n) is 3.76. The summed E-state index contributed by atoms with van der Waals surface area (Å²) in [5.74, 6) is 0. The second-order valence-electron chi connectivity index (χ2n) is 5.19. The minimum Gasteiger partial charge on any atom is -0.371 e. The summed E-state index contributed by atoms with van der Waals surface area (Å²) >= 11 is 1.78. The number of thiazole rings is 1. The van der Waals surface area contributed by atoms with Gasteiger partial charge in [0.05, 0.1) is 5.01 Å². The van der Waals surface area contributed by atoms with Crippen molar-refractivity contribution in [2.75, 3.05) is 18.0 Å². The Morgan fingerprint density at radius 2 is 2.05 bits per heavy atom. The quantitative estimate of drug-likeness (QED) is 0.939. The Hall–Kier alpha value is -1.46. The van der Waals surface area contributed by atoms with Crippen LogP contribution in [0.15, 0.2) is 30.7 Å². The number of hydrogen-bond acceptors (Lipinski definition) is 5. The van der Waals surface area contributed by atoms with Crippen LogP contribution in [0.25, 0.3) is 0 Å². The maximum Gasteiger partial charge on any atom is 0.0897 e. The van der Waals surface area contributed by atoms with Crippen LogP contribution in [0.3, 0.4) is 0 Å². The van der Waals surface area contributed by atoms with Crippen LogP contribution in [-0.2, 0) is 6.54 Å². The lowest BCUT2D eigenvalue weighted by Gasteiger charge is -2.33. The zero-order valence-corrected chi connectivity index (χ0v) is 12.6. The molecule has 20 heavy (non-hydrogen) atoms. The maximum absolute atomic E-state index is 4.30. The first-order valence-electron chi connectivity index (χ1n) is 7.11. The van der Waals surface area contributed by atoms with Crippen molar-refractivity contribution in [3.63, 3.8) is 0 Å². The highest BCUT2D eigenvalue weighted by Gasteiger charge is 2.19. The molecule has 0 bridgehead atoms. The van der Waals surface area contributed by atoms with Gasteiger partial charge in [-0.05, 0) is 31.9 Å². The van der Waals surface area contributed by atoms with Gasteiger partial charge in [0.25, 0.3) is 0 Å². The third-order valence-corrected chi connectivity index (χ3v) is 4.67. The van der Waals surface area contributed by atoms with Gasteiger partial charge >= 0.3 is 0 Å². The molecule has 3 heterocycles. The summed E-state index contributed by atoms with van der Waals surface area (Å²) in [4.78, 5) is 12.1. The molecule has 2 aromatic rings. The van der Waals surface area contributed by atoms with Gasteiger partial charge in [-0.15, -0.1) is 11.3 Å². The highest BCUT2D eigenvalue weighted by atomic mass is 32.1. The zero-order valence-electron chi connectivity index (χ0n) is 11.7. The molecule has 1 saturated heterocycles. The van der Waals surface area contributed by atoms with Gasteiger partial charge in [-0.2, -0.15) is 0 Å². The summed E-state index contributed by atoms with van der Waals surface area (Å²) in [6.07, 6.45) is 8.11. The molecule has 0 atom stereocenters. The predicted octanol–water partition coefficient (Wildman–Crippen LogP) is 2.61. The van der Waals surface area contributed by atoms with E-state index in [0.29, 0.717) is 6.04 Å². The SMILES string of the molecule is Cc1ncc(CNC2CCN(c3ccncc3)CC2)s1. The molecule has 0 aliphatic carbocycles. The number of nitrogens with zero attached hydrogens (tertiary/aromatic N) is 3. The van der Waals surface area contributed by atoms with Crippen molar-refractivity contribution in [2.45, 2.75) is 32.4 Å². The monoisotopic (exact) mass is 288 g/mol. The van der Waals surface area contributed by atoms with E-state index in [9.17, 15) is 0 Å². The Labute approximate surface area is 123 Å². The van der Waals surface area contributed by atoms with E-state index in [1.807, 2.05) is 18.6 Å². The van der Waals surface area contributed by atoms with Crippen LogP contribution >= 0.6 is 11.3 Å². The summed E-state index contributed by atoms with van der Waals surface area (Å²) in [6.45, 7) is 5.24. The molecule has 5 heteroatoms. The lowest BCUT2D eigenvalue weighted by molar-refractivity contribution is 0.415. The van der Waals surface area contributed by atoms with Crippen LogP contribution in [0, 0.1) is 6.92 Å². The molecular weight excluding hydrogens is 268 g/mol. The average molecular weight is 288 g/mol. The number of aryl methyl sites for hydroxylation is 1. The van der Waals surface area contributed by atoms with Crippen LogP contribution < -0.4 is 10.2 Å². The van der Waals surface area contributed by atoms with Gasteiger partial charge in [-0.3, -0.25) is 4.98 Å². The number of rotatable bonds is 4. The molecule has 0 spiro atoms. The Kier molecular flexibility index (Phi) is 4.28. The lowest BCUT2D eigenvalue weighted by atomic mass is 10.0. The number of piperidine rings is 1. The first kappa shape index (κ1) is 13.5. The number of anilines is 1. The molecule has 4 nitrogen and oxygen atoms in total. The molecule has 0 aromatic carbocycles. The van der Waals surface area contributed by atoms with E-state index in [1.54, 1.807) is 11.3 Å². The van der Waals surface area contributed by atoms with E-state index in [4.69, 9.17) is 0 Å². The number of hydrogen-bond donors (Lipinski definition) is 1. The van der Waals surface area contributed by atoms with Crippen LogP contribution in [0.2, 0.25) is 0 Å². The van der Waals surface area contributed by atoms with E-state index in [-0.39, 0.29) is 0 Å². The van der Waals surface area contributed by atoms with Crippen molar-refractivity contribution in [3.05, 3.63) is 40.6 Å². The fraction of sp³-hybridized carbons (Fsp3) is 0.467. The second kappa shape index (κ2) is 6.33. The van der Waals surface area contributed by atoms with Gasteiger partial charge in [0.1, 0.15) is 0 Å². The van der Waals surface area contributed by atoms with Crippen molar-refractivity contribution in [1.29, 1.82) is 0 Å². The summed E-state index contributed by atoms with van der Waals surface area (Å²) in [5, 5.41) is 4.80. The Morgan fingerprint density at radius 3 is 2.70 bits per heavy atom. The molecule has 1 fully saturated rings. The predicted molar refractivity (Wildman–Crippen MR) is 83.2 cm³/mol. The van der Waals surface area contributed by atoms with E-state index in [1.165, 1.54) is 23.4 Å². The second-order valence-corrected chi connectivity index (χ2v) is 6.51. The number of pyridine rings is 1. The lowest BCUT2D eigenvalue weighted by Crippen LogP contribution is -2.42. The molecule has 0 amide bonds. The van der Waals surface area contributed by atoms with Gasteiger partial charge in [-0.25, -0.2) is 4.98 Å². The van der Waals surface area contributed by atoms with Crippen molar-refractivity contribution < 1.29 is 0 Å². The minimum absolute atomic E-state index is 0.621. The van der Waals surface area contributed by atoms with Crippen LogP contribution in [0.4, 0.5) is 5.69 Å². The van der Waals surface area contributed by atoms with Crippen LogP contribution in [-0.4, -0.2) is 29.1 Å².